The Bertz CT molecular complexity index is 320. The van der Waals surface area contributed by atoms with Crippen LogP contribution in [0.3, 0.4) is 0 Å². The first-order chi connectivity index (χ1) is 8.93. The Hall–Kier alpha value is -1.14. The van der Waals surface area contributed by atoms with Crippen LogP contribution in [0.25, 0.3) is 0 Å². The van der Waals surface area contributed by atoms with E-state index in [2.05, 4.69) is 10.6 Å². The SMILES string of the molecule is COCC1(C(=O)NC(C(N)=O)C(C)C)CCNCC1. The predicted octanol–water partition coefficient (Wildman–Crippen LogP) is -0.371. The first kappa shape index (κ1) is 15.9. The van der Waals surface area contributed by atoms with E-state index in [-0.39, 0.29) is 11.8 Å². The zero-order valence-corrected chi connectivity index (χ0v) is 12.0. The van der Waals surface area contributed by atoms with Crippen molar-refractivity contribution in [3.05, 3.63) is 0 Å². The molecule has 0 spiro atoms. The van der Waals surface area contributed by atoms with Crippen molar-refractivity contribution in [2.24, 2.45) is 17.1 Å². The highest BCUT2D eigenvalue weighted by atomic mass is 16.5. The van der Waals surface area contributed by atoms with Gasteiger partial charge in [-0.25, -0.2) is 0 Å². The van der Waals surface area contributed by atoms with Gasteiger partial charge in [0.2, 0.25) is 11.8 Å². The maximum Gasteiger partial charge on any atom is 0.240 e. The number of nitrogens with one attached hydrogen (secondary N) is 2. The molecule has 1 atom stereocenters. The molecular formula is C13H25N3O3. The normalized spacial score (nSPS) is 20.0. The summed E-state index contributed by atoms with van der Waals surface area (Å²) in [6, 6.07) is -0.629. The molecule has 0 aromatic rings. The minimum absolute atomic E-state index is 0.0252. The molecule has 0 aromatic carbocycles. The van der Waals surface area contributed by atoms with E-state index in [1.165, 1.54) is 0 Å². The fraction of sp³-hybridized carbons (Fsp3) is 0.846. The molecule has 1 saturated heterocycles. The zero-order valence-electron chi connectivity index (χ0n) is 12.0. The van der Waals surface area contributed by atoms with Crippen LogP contribution in [0.2, 0.25) is 0 Å². The van der Waals surface area contributed by atoms with Gasteiger partial charge >= 0.3 is 0 Å². The third kappa shape index (κ3) is 3.91. The monoisotopic (exact) mass is 271 g/mol. The van der Waals surface area contributed by atoms with Crippen molar-refractivity contribution in [2.45, 2.75) is 32.7 Å². The summed E-state index contributed by atoms with van der Waals surface area (Å²) in [4.78, 5) is 23.9. The van der Waals surface area contributed by atoms with Crippen LogP contribution in [0.4, 0.5) is 0 Å². The van der Waals surface area contributed by atoms with E-state index < -0.39 is 17.4 Å². The van der Waals surface area contributed by atoms with Gasteiger partial charge in [0, 0.05) is 7.11 Å². The fourth-order valence-corrected chi connectivity index (χ4v) is 2.48. The van der Waals surface area contributed by atoms with Gasteiger partial charge in [-0.1, -0.05) is 13.8 Å². The van der Waals surface area contributed by atoms with Crippen LogP contribution in [0.5, 0.6) is 0 Å². The van der Waals surface area contributed by atoms with Crippen LogP contribution in [0, 0.1) is 11.3 Å². The van der Waals surface area contributed by atoms with Crippen LogP contribution in [0.15, 0.2) is 0 Å². The molecule has 4 N–H and O–H groups in total. The summed E-state index contributed by atoms with van der Waals surface area (Å²) in [5.74, 6) is -0.652. The topological polar surface area (TPSA) is 93.4 Å². The van der Waals surface area contributed by atoms with Gasteiger partial charge in [0.25, 0.3) is 0 Å². The van der Waals surface area contributed by atoms with Gasteiger partial charge < -0.3 is 21.1 Å². The smallest absolute Gasteiger partial charge is 0.240 e. The van der Waals surface area contributed by atoms with Gasteiger partial charge in [0.15, 0.2) is 0 Å². The second-order valence-corrected chi connectivity index (χ2v) is 5.56. The number of carbonyl (C=O) groups excluding carboxylic acids is 2. The molecule has 0 aliphatic carbocycles. The Morgan fingerprint density at radius 2 is 1.95 bits per heavy atom. The Morgan fingerprint density at radius 1 is 1.37 bits per heavy atom. The maximum atomic E-state index is 12.5. The van der Waals surface area contributed by atoms with Crippen molar-refractivity contribution >= 4 is 11.8 Å². The molecule has 1 rings (SSSR count). The van der Waals surface area contributed by atoms with Crippen molar-refractivity contribution in [3.8, 4) is 0 Å². The fourth-order valence-electron chi connectivity index (χ4n) is 2.48. The Morgan fingerprint density at radius 3 is 2.37 bits per heavy atom. The lowest BCUT2D eigenvalue weighted by molar-refractivity contribution is -0.139. The first-order valence-electron chi connectivity index (χ1n) is 6.73. The number of carbonyl (C=O) groups is 2. The maximum absolute atomic E-state index is 12.5. The average Bonchev–Trinajstić information content (AvgIpc) is 2.36. The molecule has 1 aliphatic heterocycles. The molecule has 110 valence electrons. The molecule has 19 heavy (non-hydrogen) atoms. The molecule has 6 heteroatoms. The highest BCUT2D eigenvalue weighted by Crippen LogP contribution is 2.29. The number of piperidine rings is 1. The molecule has 1 fully saturated rings. The number of nitrogens with two attached hydrogens (primary N) is 1. The molecule has 0 aromatic heterocycles. The first-order valence-corrected chi connectivity index (χ1v) is 6.73. The summed E-state index contributed by atoms with van der Waals surface area (Å²) in [5, 5.41) is 6.01. The number of primary amides is 1. The van der Waals surface area contributed by atoms with Gasteiger partial charge in [-0.3, -0.25) is 9.59 Å². The number of hydrogen-bond donors (Lipinski definition) is 3. The van der Waals surface area contributed by atoms with E-state index in [9.17, 15) is 9.59 Å². The van der Waals surface area contributed by atoms with Crippen LogP contribution in [0.1, 0.15) is 26.7 Å². The number of methoxy groups -OCH3 is 1. The van der Waals surface area contributed by atoms with E-state index in [1.54, 1.807) is 7.11 Å². The third-order valence-corrected chi connectivity index (χ3v) is 3.72. The van der Waals surface area contributed by atoms with Gasteiger partial charge in [0.05, 0.1) is 12.0 Å². The van der Waals surface area contributed by atoms with E-state index in [4.69, 9.17) is 10.5 Å². The lowest BCUT2D eigenvalue weighted by atomic mass is 9.78. The summed E-state index contributed by atoms with van der Waals surface area (Å²) in [7, 11) is 1.59. The largest absolute Gasteiger partial charge is 0.384 e. The second-order valence-electron chi connectivity index (χ2n) is 5.56. The zero-order chi connectivity index (χ0) is 14.5. The number of rotatable bonds is 6. The molecule has 1 aliphatic rings. The van der Waals surface area contributed by atoms with Crippen molar-refractivity contribution in [1.82, 2.24) is 10.6 Å². The van der Waals surface area contributed by atoms with Gasteiger partial charge in [-0.2, -0.15) is 0 Å². The molecule has 0 saturated carbocycles. The molecule has 1 heterocycles. The lowest BCUT2D eigenvalue weighted by Gasteiger charge is -2.36. The molecule has 6 nitrogen and oxygen atoms in total. The lowest BCUT2D eigenvalue weighted by Crippen LogP contribution is -2.56. The van der Waals surface area contributed by atoms with E-state index in [1.807, 2.05) is 13.8 Å². The standard InChI is InChI=1S/C13H25N3O3/c1-9(2)10(11(14)17)16-12(18)13(8-19-3)4-6-15-7-5-13/h9-10,15H,4-8H2,1-3H3,(H2,14,17)(H,16,18). The number of hydrogen-bond acceptors (Lipinski definition) is 4. The number of amides is 2. The van der Waals surface area contributed by atoms with Crippen molar-refractivity contribution in [3.63, 3.8) is 0 Å². The van der Waals surface area contributed by atoms with Gasteiger partial charge in [-0.05, 0) is 31.8 Å². The van der Waals surface area contributed by atoms with Crippen molar-refractivity contribution < 1.29 is 14.3 Å². The summed E-state index contributed by atoms with van der Waals surface area (Å²) in [5.41, 5.74) is 4.78. The predicted molar refractivity (Wildman–Crippen MR) is 72.4 cm³/mol. The van der Waals surface area contributed by atoms with E-state index in [0.29, 0.717) is 19.4 Å². The highest BCUT2D eigenvalue weighted by Gasteiger charge is 2.41. The minimum atomic E-state index is -0.629. The second kappa shape index (κ2) is 6.86. The molecule has 0 bridgehead atoms. The Kier molecular flexibility index (Phi) is 5.75. The molecule has 2 amide bonds. The van der Waals surface area contributed by atoms with Crippen LogP contribution in [-0.2, 0) is 14.3 Å². The van der Waals surface area contributed by atoms with Crippen LogP contribution >= 0.6 is 0 Å². The van der Waals surface area contributed by atoms with E-state index >= 15 is 0 Å². The van der Waals surface area contributed by atoms with Gasteiger partial charge in [0.1, 0.15) is 6.04 Å². The quantitative estimate of drug-likeness (QED) is 0.614. The van der Waals surface area contributed by atoms with Gasteiger partial charge in [-0.15, -0.1) is 0 Å². The van der Waals surface area contributed by atoms with Crippen molar-refractivity contribution in [2.75, 3.05) is 26.8 Å². The Balaban J connectivity index is 2.79. The van der Waals surface area contributed by atoms with Crippen LogP contribution < -0.4 is 16.4 Å². The third-order valence-electron chi connectivity index (χ3n) is 3.72. The number of ether oxygens (including phenoxy) is 1. The highest BCUT2D eigenvalue weighted by molar-refractivity contribution is 5.89. The summed E-state index contributed by atoms with van der Waals surface area (Å²) in [6.45, 7) is 5.64. The molecule has 1 unspecified atom stereocenters. The molecule has 0 radical (unpaired) electrons. The Labute approximate surface area is 114 Å². The summed E-state index contributed by atoms with van der Waals surface area (Å²) >= 11 is 0. The summed E-state index contributed by atoms with van der Waals surface area (Å²) in [6.07, 6.45) is 1.41. The van der Waals surface area contributed by atoms with Crippen molar-refractivity contribution in [1.29, 1.82) is 0 Å². The van der Waals surface area contributed by atoms with E-state index in [0.717, 1.165) is 13.1 Å². The minimum Gasteiger partial charge on any atom is -0.384 e. The average molecular weight is 271 g/mol. The van der Waals surface area contributed by atoms with Crippen LogP contribution in [-0.4, -0.2) is 44.7 Å². The molecular weight excluding hydrogens is 246 g/mol. The summed E-state index contributed by atoms with van der Waals surface area (Å²) < 4.78 is 5.20.